The number of carbonyl (C=O) groups is 1. The van der Waals surface area contributed by atoms with E-state index in [0.29, 0.717) is 17.1 Å². The van der Waals surface area contributed by atoms with E-state index >= 15 is 0 Å². The smallest absolute Gasteiger partial charge is 0.257 e. The fourth-order valence-corrected chi connectivity index (χ4v) is 3.20. The molecule has 1 saturated heterocycles. The minimum absolute atomic E-state index is 0.00348. The molecule has 1 aromatic heterocycles. The minimum Gasteiger partial charge on any atom is -0.334 e. The number of halogens is 1. The molecule has 3 rings (SSSR count). The van der Waals surface area contributed by atoms with E-state index in [4.69, 9.17) is 17.3 Å². The molecule has 1 unspecified atom stereocenters. The van der Waals surface area contributed by atoms with Crippen LogP contribution in [0.2, 0.25) is 5.02 Å². The van der Waals surface area contributed by atoms with Gasteiger partial charge in [-0.3, -0.25) is 4.79 Å². The van der Waals surface area contributed by atoms with Crippen LogP contribution in [0.15, 0.2) is 30.5 Å². The van der Waals surface area contributed by atoms with Crippen LogP contribution in [0.4, 0.5) is 0 Å². The standard InChI is InChI=1S/C16H19ClN4O/c1-11-13(16(22)20-8-4-5-12(20)9-18)10-19-21(11)15-7-3-2-6-14(15)17/h2-3,6-7,10,12H,4-5,8-9,18H2,1H3. The van der Waals surface area contributed by atoms with Crippen LogP contribution in [-0.4, -0.2) is 39.7 Å². The van der Waals surface area contributed by atoms with Gasteiger partial charge < -0.3 is 10.6 Å². The normalized spacial score (nSPS) is 18.0. The van der Waals surface area contributed by atoms with Crippen LogP contribution in [0.5, 0.6) is 0 Å². The maximum absolute atomic E-state index is 12.8. The number of amides is 1. The van der Waals surface area contributed by atoms with Crippen LogP contribution in [0.25, 0.3) is 5.69 Å². The molecule has 2 aromatic rings. The van der Waals surface area contributed by atoms with Gasteiger partial charge in [0.25, 0.3) is 5.91 Å². The van der Waals surface area contributed by atoms with Crippen molar-refractivity contribution < 1.29 is 4.79 Å². The Labute approximate surface area is 134 Å². The van der Waals surface area contributed by atoms with Crippen LogP contribution in [-0.2, 0) is 0 Å². The molecule has 0 aliphatic carbocycles. The molecule has 2 heterocycles. The van der Waals surface area contributed by atoms with Crippen molar-refractivity contribution in [2.75, 3.05) is 13.1 Å². The van der Waals surface area contributed by atoms with E-state index in [0.717, 1.165) is 30.8 Å². The molecular formula is C16H19ClN4O. The molecule has 1 aliphatic rings. The average Bonchev–Trinajstić information content (AvgIpc) is 3.14. The van der Waals surface area contributed by atoms with E-state index in [2.05, 4.69) is 5.10 Å². The van der Waals surface area contributed by atoms with Gasteiger partial charge in [0.15, 0.2) is 0 Å². The number of likely N-dealkylation sites (tertiary alicyclic amines) is 1. The van der Waals surface area contributed by atoms with E-state index in [1.54, 1.807) is 10.9 Å². The number of aromatic nitrogens is 2. The highest BCUT2D eigenvalue weighted by Gasteiger charge is 2.30. The van der Waals surface area contributed by atoms with E-state index in [9.17, 15) is 4.79 Å². The Morgan fingerprint density at radius 2 is 2.23 bits per heavy atom. The van der Waals surface area contributed by atoms with E-state index in [1.165, 1.54) is 0 Å². The summed E-state index contributed by atoms with van der Waals surface area (Å²) in [6.45, 7) is 3.15. The molecule has 22 heavy (non-hydrogen) atoms. The van der Waals surface area contributed by atoms with E-state index < -0.39 is 0 Å². The van der Waals surface area contributed by atoms with Gasteiger partial charge in [-0.1, -0.05) is 23.7 Å². The van der Waals surface area contributed by atoms with Gasteiger partial charge in [-0.15, -0.1) is 0 Å². The van der Waals surface area contributed by atoms with Crippen molar-refractivity contribution in [1.82, 2.24) is 14.7 Å². The quantitative estimate of drug-likeness (QED) is 0.945. The second kappa shape index (κ2) is 6.10. The van der Waals surface area contributed by atoms with Crippen LogP contribution in [0, 0.1) is 6.92 Å². The molecule has 1 aromatic carbocycles. The monoisotopic (exact) mass is 318 g/mol. The van der Waals surface area contributed by atoms with Gasteiger partial charge in [0.05, 0.1) is 28.2 Å². The van der Waals surface area contributed by atoms with Crippen molar-refractivity contribution in [3.8, 4) is 5.69 Å². The highest BCUT2D eigenvalue weighted by atomic mass is 35.5. The summed E-state index contributed by atoms with van der Waals surface area (Å²) in [6, 6.07) is 7.59. The number of rotatable bonds is 3. The molecule has 5 nitrogen and oxygen atoms in total. The second-order valence-corrected chi connectivity index (χ2v) is 5.94. The summed E-state index contributed by atoms with van der Waals surface area (Å²) in [5, 5.41) is 4.95. The lowest BCUT2D eigenvalue weighted by atomic mass is 10.2. The van der Waals surface area contributed by atoms with E-state index in [1.807, 2.05) is 36.1 Å². The van der Waals surface area contributed by atoms with Crippen LogP contribution in [0.3, 0.4) is 0 Å². The number of nitrogens with two attached hydrogens (primary N) is 1. The molecule has 1 fully saturated rings. The van der Waals surface area contributed by atoms with Crippen LogP contribution >= 0.6 is 11.6 Å². The van der Waals surface area contributed by atoms with Gasteiger partial charge in [-0.05, 0) is 31.9 Å². The maximum atomic E-state index is 12.8. The topological polar surface area (TPSA) is 64.2 Å². The first-order valence-corrected chi connectivity index (χ1v) is 7.82. The van der Waals surface area contributed by atoms with Crippen molar-refractivity contribution in [1.29, 1.82) is 0 Å². The molecule has 1 aliphatic heterocycles. The largest absolute Gasteiger partial charge is 0.334 e. The van der Waals surface area contributed by atoms with Crippen molar-refractivity contribution in [2.45, 2.75) is 25.8 Å². The molecule has 2 N–H and O–H groups in total. The van der Waals surface area contributed by atoms with Crippen molar-refractivity contribution >= 4 is 17.5 Å². The van der Waals surface area contributed by atoms with Gasteiger partial charge in [0.2, 0.25) is 0 Å². The number of hydrogen-bond acceptors (Lipinski definition) is 3. The summed E-state index contributed by atoms with van der Waals surface area (Å²) in [6.07, 6.45) is 3.60. The lowest BCUT2D eigenvalue weighted by Crippen LogP contribution is -2.40. The summed E-state index contributed by atoms with van der Waals surface area (Å²) in [4.78, 5) is 14.6. The average molecular weight is 319 g/mol. The fraction of sp³-hybridized carbons (Fsp3) is 0.375. The zero-order valence-electron chi connectivity index (χ0n) is 12.5. The first-order valence-electron chi connectivity index (χ1n) is 7.44. The summed E-state index contributed by atoms with van der Waals surface area (Å²) in [5.41, 5.74) is 7.94. The minimum atomic E-state index is 0.00348. The summed E-state index contributed by atoms with van der Waals surface area (Å²) in [5.74, 6) is 0.00348. The summed E-state index contributed by atoms with van der Waals surface area (Å²) >= 11 is 6.22. The molecule has 0 radical (unpaired) electrons. The SMILES string of the molecule is Cc1c(C(=O)N2CCCC2CN)cnn1-c1ccccc1Cl. The number of carbonyl (C=O) groups excluding carboxylic acids is 1. The summed E-state index contributed by atoms with van der Waals surface area (Å²) < 4.78 is 1.71. The third-order valence-corrected chi connectivity index (χ3v) is 4.55. The summed E-state index contributed by atoms with van der Waals surface area (Å²) in [7, 11) is 0. The Hall–Kier alpha value is -1.85. The second-order valence-electron chi connectivity index (χ2n) is 5.54. The Kier molecular flexibility index (Phi) is 4.18. The molecule has 0 saturated carbocycles. The zero-order chi connectivity index (χ0) is 15.7. The predicted octanol–water partition coefficient (Wildman–Crippen LogP) is 2.40. The molecule has 0 spiro atoms. The number of nitrogens with zero attached hydrogens (tertiary/aromatic N) is 3. The Bertz CT molecular complexity index is 697. The van der Waals surface area contributed by atoms with Gasteiger partial charge in [-0.2, -0.15) is 5.10 Å². The van der Waals surface area contributed by atoms with Crippen molar-refractivity contribution in [3.63, 3.8) is 0 Å². The molecule has 116 valence electrons. The number of hydrogen-bond donors (Lipinski definition) is 1. The molecule has 6 heteroatoms. The Morgan fingerprint density at radius 1 is 1.45 bits per heavy atom. The number of para-hydroxylation sites is 1. The van der Waals surface area contributed by atoms with Gasteiger partial charge in [0.1, 0.15) is 0 Å². The highest BCUT2D eigenvalue weighted by molar-refractivity contribution is 6.32. The first kappa shape index (κ1) is 15.1. The predicted molar refractivity (Wildman–Crippen MR) is 86.4 cm³/mol. The third-order valence-electron chi connectivity index (χ3n) is 4.23. The Balaban J connectivity index is 1.94. The fourth-order valence-electron chi connectivity index (χ4n) is 2.99. The highest BCUT2D eigenvalue weighted by Crippen LogP contribution is 2.24. The lowest BCUT2D eigenvalue weighted by Gasteiger charge is -2.23. The number of benzene rings is 1. The molecule has 1 atom stereocenters. The van der Waals surface area contributed by atoms with Gasteiger partial charge >= 0.3 is 0 Å². The molecule has 1 amide bonds. The van der Waals surface area contributed by atoms with Crippen LogP contribution in [0.1, 0.15) is 28.9 Å². The maximum Gasteiger partial charge on any atom is 0.257 e. The molecular weight excluding hydrogens is 300 g/mol. The van der Waals surface area contributed by atoms with Crippen LogP contribution < -0.4 is 5.73 Å². The van der Waals surface area contributed by atoms with Gasteiger partial charge in [-0.25, -0.2) is 4.68 Å². The third kappa shape index (κ3) is 2.51. The molecule has 0 bridgehead atoms. The lowest BCUT2D eigenvalue weighted by molar-refractivity contribution is 0.0740. The van der Waals surface area contributed by atoms with Gasteiger partial charge in [0, 0.05) is 19.1 Å². The van der Waals surface area contributed by atoms with Crippen molar-refractivity contribution in [2.24, 2.45) is 5.73 Å². The zero-order valence-corrected chi connectivity index (χ0v) is 13.3. The Morgan fingerprint density at radius 3 is 2.95 bits per heavy atom. The first-order chi connectivity index (χ1) is 10.6. The van der Waals surface area contributed by atoms with E-state index in [-0.39, 0.29) is 11.9 Å². The van der Waals surface area contributed by atoms with Crippen molar-refractivity contribution in [3.05, 3.63) is 46.7 Å².